The number of ether oxygens (including phenoxy) is 2. The molecule has 1 aromatic heterocycles. The molecule has 0 spiro atoms. The summed E-state index contributed by atoms with van der Waals surface area (Å²) in [6.07, 6.45) is 0.309. The van der Waals surface area contributed by atoms with Crippen molar-refractivity contribution in [1.29, 1.82) is 0 Å². The summed E-state index contributed by atoms with van der Waals surface area (Å²) in [5, 5.41) is 4.08. The minimum atomic E-state index is -0.0314. The van der Waals surface area contributed by atoms with Crippen molar-refractivity contribution in [2.24, 2.45) is 0 Å². The first-order chi connectivity index (χ1) is 13.5. The Kier molecular flexibility index (Phi) is 6.14. The zero-order chi connectivity index (χ0) is 20.1. The Balaban J connectivity index is 1.70. The van der Waals surface area contributed by atoms with E-state index in [0.29, 0.717) is 31.1 Å². The fraction of sp³-hybridized carbons (Fsp3) is 0.304. The molecule has 5 heteroatoms. The van der Waals surface area contributed by atoms with Gasteiger partial charge in [-0.3, -0.25) is 9.78 Å². The van der Waals surface area contributed by atoms with Crippen LogP contribution in [-0.2, 0) is 17.8 Å². The third-order valence-electron chi connectivity index (χ3n) is 4.84. The van der Waals surface area contributed by atoms with E-state index in [9.17, 15) is 4.79 Å². The van der Waals surface area contributed by atoms with Gasteiger partial charge in [-0.2, -0.15) is 0 Å². The highest BCUT2D eigenvalue weighted by Gasteiger charge is 2.13. The maximum atomic E-state index is 12.6. The standard InChI is InChI=1S/C23H26N2O3/c1-5-28-21-11-10-17(12-22(21)27-4)14-24-23(26)13-19-15(2)18-8-6-7-9-20(18)25-16(19)3/h6-12H,5,13-14H2,1-4H3,(H,24,26). The zero-order valence-corrected chi connectivity index (χ0v) is 16.8. The number of fused-ring (bicyclic) bond motifs is 1. The average Bonchev–Trinajstić information content (AvgIpc) is 2.70. The minimum absolute atomic E-state index is 0.0314. The Morgan fingerprint density at radius 3 is 2.64 bits per heavy atom. The molecule has 3 aromatic rings. The van der Waals surface area contributed by atoms with Gasteiger partial charge in [0.25, 0.3) is 0 Å². The van der Waals surface area contributed by atoms with Gasteiger partial charge in [0.15, 0.2) is 11.5 Å². The first-order valence-corrected chi connectivity index (χ1v) is 9.44. The van der Waals surface area contributed by atoms with Crippen LogP contribution in [0.5, 0.6) is 11.5 Å². The Bertz CT molecular complexity index is 999. The molecule has 2 aromatic carbocycles. The van der Waals surface area contributed by atoms with Gasteiger partial charge in [-0.25, -0.2) is 0 Å². The lowest BCUT2D eigenvalue weighted by Gasteiger charge is -2.14. The Morgan fingerprint density at radius 1 is 1.11 bits per heavy atom. The second-order valence-corrected chi connectivity index (χ2v) is 6.69. The topological polar surface area (TPSA) is 60.5 Å². The number of benzene rings is 2. The number of aryl methyl sites for hydroxylation is 2. The molecule has 0 aliphatic carbocycles. The van der Waals surface area contributed by atoms with Crippen LogP contribution in [0, 0.1) is 13.8 Å². The number of nitrogens with zero attached hydrogens (tertiary/aromatic N) is 1. The molecular formula is C23H26N2O3. The normalized spacial score (nSPS) is 10.7. The van der Waals surface area contributed by atoms with E-state index in [0.717, 1.165) is 33.3 Å². The number of pyridine rings is 1. The number of carbonyl (C=O) groups is 1. The monoisotopic (exact) mass is 378 g/mol. The molecule has 3 rings (SSSR count). The number of hydrogen-bond donors (Lipinski definition) is 1. The third kappa shape index (κ3) is 4.25. The van der Waals surface area contributed by atoms with Gasteiger partial charge in [0.05, 0.1) is 25.7 Å². The summed E-state index contributed by atoms with van der Waals surface area (Å²) in [6, 6.07) is 13.7. The summed E-state index contributed by atoms with van der Waals surface area (Å²) in [4.78, 5) is 17.2. The van der Waals surface area contributed by atoms with Crippen LogP contribution in [0.25, 0.3) is 10.9 Å². The van der Waals surface area contributed by atoms with Crippen LogP contribution in [0.4, 0.5) is 0 Å². The predicted molar refractivity (Wildman–Crippen MR) is 111 cm³/mol. The molecule has 1 N–H and O–H groups in total. The van der Waals surface area contributed by atoms with Gasteiger partial charge in [0.1, 0.15) is 0 Å². The fourth-order valence-corrected chi connectivity index (χ4v) is 3.35. The molecule has 146 valence electrons. The maximum Gasteiger partial charge on any atom is 0.224 e. The second-order valence-electron chi connectivity index (χ2n) is 6.69. The number of amides is 1. The van der Waals surface area contributed by atoms with Crippen LogP contribution in [0.1, 0.15) is 29.3 Å². The number of methoxy groups -OCH3 is 1. The van der Waals surface area contributed by atoms with Gasteiger partial charge < -0.3 is 14.8 Å². The van der Waals surface area contributed by atoms with E-state index in [2.05, 4.69) is 17.2 Å². The molecule has 0 aliphatic rings. The van der Waals surface area contributed by atoms with Crippen LogP contribution < -0.4 is 14.8 Å². The summed E-state index contributed by atoms with van der Waals surface area (Å²) in [7, 11) is 1.61. The number of nitrogens with one attached hydrogen (secondary N) is 1. The van der Waals surface area contributed by atoms with Gasteiger partial charge in [-0.05, 0) is 55.7 Å². The lowest BCUT2D eigenvalue weighted by molar-refractivity contribution is -0.120. The molecule has 0 radical (unpaired) electrons. The summed E-state index contributed by atoms with van der Waals surface area (Å²) in [6.45, 7) is 6.95. The molecule has 1 heterocycles. The highest BCUT2D eigenvalue weighted by atomic mass is 16.5. The van der Waals surface area contributed by atoms with Crippen LogP contribution in [-0.4, -0.2) is 24.6 Å². The SMILES string of the molecule is CCOc1ccc(CNC(=O)Cc2c(C)nc3ccccc3c2C)cc1OC. The quantitative estimate of drug-likeness (QED) is 0.672. The summed E-state index contributed by atoms with van der Waals surface area (Å²) in [5.41, 5.74) is 4.91. The molecule has 0 unspecified atom stereocenters. The lowest BCUT2D eigenvalue weighted by Crippen LogP contribution is -2.25. The molecular weight excluding hydrogens is 352 g/mol. The number of carbonyl (C=O) groups excluding carboxylic acids is 1. The van der Waals surface area contributed by atoms with E-state index in [4.69, 9.17) is 9.47 Å². The zero-order valence-electron chi connectivity index (χ0n) is 16.8. The largest absolute Gasteiger partial charge is 0.493 e. The number of rotatable bonds is 7. The lowest BCUT2D eigenvalue weighted by atomic mass is 9.99. The molecule has 0 aliphatic heterocycles. The number of hydrogen-bond acceptors (Lipinski definition) is 4. The van der Waals surface area contributed by atoms with Crippen molar-refractivity contribution in [2.75, 3.05) is 13.7 Å². The summed E-state index contributed by atoms with van der Waals surface area (Å²) in [5.74, 6) is 1.34. The highest BCUT2D eigenvalue weighted by molar-refractivity contribution is 5.86. The molecule has 0 saturated carbocycles. The first-order valence-electron chi connectivity index (χ1n) is 9.44. The van der Waals surface area contributed by atoms with Crippen molar-refractivity contribution in [1.82, 2.24) is 10.3 Å². The average molecular weight is 378 g/mol. The van der Waals surface area contributed by atoms with Crippen molar-refractivity contribution in [3.63, 3.8) is 0 Å². The van der Waals surface area contributed by atoms with Crippen LogP contribution >= 0.6 is 0 Å². The van der Waals surface area contributed by atoms with Crippen molar-refractivity contribution < 1.29 is 14.3 Å². The highest BCUT2D eigenvalue weighted by Crippen LogP contribution is 2.28. The Hall–Kier alpha value is -3.08. The van der Waals surface area contributed by atoms with Gasteiger partial charge in [-0.15, -0.1) is 0 Å². The fourth-order valence-electron chi connectivity index (χ4n) is 3.35. The molecule has 5 nitrogen and oxygen atoms in total. The van der Waals surface area contributed by atoms with Gasteiger partial charge >= 0.3 is 0 Å². The molecule has 1 amide bonds. The van der Waals surface area contributed by atoms with E-state index in [1.54, 1.807) is 7.11 Å². The van der Waals surface area contributed by atoms with Gasteiger partial charge in [0, 0.05) is 17.6 Å². The van der Waals surface area contributed by atoms with E-state index < -0.39 is 0 Å². The molecule has 0 atom stereocenters. The maximum absolute atomic E-state index is 12.6. The van der Waals surface area contributed by atoms with E-state index in [-0.39, 0.29) is 5.91 Å². The molecule has 0 fully saturated rings. The van der Waals surface area contributed by atoms with E-state index in [1.165, 1.54) is 0 Å². The summed E-state index contributed by atoms with van der Waals surface area (Å²) >= 11 is 0. The van der Waals surface area contributed by atoms with Crippen LogP contribution in [0.15, 0.2) is 42.5 Å². The first kappa shape index (κ1) is 19.7. The molecule has 0 saturated heterocycles. The van der Waals surface area contributed by atoms with Crippen molar-refractivity contribution in [3.05, 3.63) is 64.8 Å². The van der Waals surface area contributed by atoms with Crippen LogP contribution in [0.3, 0.4) is 0 Å². The van der Waals surface area contributed by atoms with Crippen molar-refractivity contribution >= 4 is 16.8 Å². The van der Waals surface area contributed by atoms with Gasteiger partial charge in [-0.1, -0.05) is 24.3 Å². The Labute approximate surface area is 165 Å². The number of para-hydroxylation sites is 1. The van der Waals surface area contributed by atoms with E-state index in [1.807, 2.05) is 56.3 Å². The Morgan fingerprint density at radius 2 is 1.89 bits per heavy atom. The van der Waals surface area contributed by atoms with Crippen LogP contribution in [0.2, 0.25) is 0 Å². The number of aromatic nitrogens is 1. The van der Waals surface area contributed by atoms with Gasteiger partial charge in [0.2, 0.25) is 5.91 Å². The second kappa shape index (κ2) is 8.74. The molecule has 28 heavy (non-hydrogen) atoms. The van der Waals surface area contributed by atoms with Crippen molar-refractivity contribution in [2.45, 2.75) is 33.7 Å². The van der Waals surface area contributed by atoms with Crippen molar-refractivity contribution in [3.8, 4) is 11.5 Å². The summed E-state index contributed by atoms with van der Waals surface area (Å²) < 4.78 is 10.9. The van der Waals surface area contributed by atoms with E-state index >= 15 is 0 Å². The smallest absolute Gasteiger partial charge is 0.224 e. The minimum Gasteiger partial charge on any atom is -0.493 e. The third-order valence-corrected chi connectivity index (χ3v) is 4.84. The molecule has 0 bridgehead atoms. The predicted octanol–water partition coefficient (Wildman–Crippen LogP) is 4.12.